The van der Waals surface area contributed by atoms with Gasteiger partial charge in [-0.25, -0.2) is 5.01 Å². The van der Waals surface area contributed by atoms with Crippen LogP contribution in [0.4, 0.5) is 0 Å². The van der Waals surface area contributed by atoms with E-state index >= 15 is 0 Å². The maximum absolute atomic E-state index is 6.71. The van der Waals surface area contributed by atoms with Crippen molar-refractivity contribution < 1.29 is 14.1 Å². The van der Waals surface area contributed by atoms with Gasteiger partial charge in [0.2, 0.25) is 5.72 Å². The number of nitrogens with zero attached hydrogens (tertiary/aromatic N) is 2. The molecule has 0 amide bonds. The topological polar surface area (TPSA) is 42.4 Å². The second-order valence-corrected chi connectivity index (χ2v) is 8.59. The maximum atomic E-state index is 6.71. The van der Waals surface area contributed by atoms with Gasteiger partial charge < -0.3 is 14.1 Å². The first-order valence-electron chi connectivity index (χ1n) is 10.9. The summed E-state index contributed by atoms with van der Waals surface area (Å²) >= 11 is 0. The van der Waals surface area contributed by atoms with Crippen LogP contribution in [-0.2, 0) is 6.54 Å². The number of ether oxygens (including phenoxy) is 1. The highest BCUT2D eigenvalue weighted by Gasteiger charge is 2.53. The van der Waals surface area contributed by atoms with Gasteiger partial charge in [0.15, 0.2) is 0 Å². The Morgan fingerprint density at radius 1 is 0.967 bits per heavy atom. The van der Waals surface area contributed by atoms with Crippen LogP contribution in [-0.4, -0.2) is 29.5 Å². The van der Waals surface area contributed by atoms with Gasteiger partial charge in [0.25, 0.3) is 0 Å². The van der Waals surface area contributed by atoms with E-state index in [2.05, 4.69) is 59.6 Å². The Hall–Kier alpha value is -3.05. The minimum absolute atomic E-state index is 0.214. The smallest absolute Gasteiger partial charge is 0.208 e. The van der Waals surface area contributed by atoms with Gasteiger partial charge in [0.05, 0.1) is 38.2 Å². The maximum Gasteiger partial charge on any atom is 0.208 e. The number of rotatable bonds is 3. The quantitative estimate of drug-likeness (QED) is 0.733. The molecular formula is C25H26N3O2+. The molecule has 1 fully saturated rings. The molecule has 1 spiro atoms. The number of hydrogen-bond acceptors (Lipinski definition) is 4. The SMILES string of the molecule is c1ccc(C[NH+]2CCC3(CC2)Oc2ccccc2[C@H]2CC(c4ccco4)=NN23)cc1. The average molecular weight is 401 g/mol. The Balaban J connectivity index is 1.29. The lowest BCUT2D eigenvalue weighted by Crippen LogP contribution is -3.12. The fraction of sp³-hybridized carbons (Fsp3) is 0.320. The van der Waals surface area contributed by atoms with Crippen molar-refractivity contribution in [2.45, 2.75) is 37.6 Å². The Morgan fingerprint density at radius 2 is 1.77 bits per heavy atom. The van der Waals surface area contributed by atoms with E-state index in [1.807, 2.05) is 12.1 Å². The molecule has 3 aromatic rings. The molecule has 0 aliphatic carbocycles. The molecule has 6 rings (SSSR count). The van der Waals surface area contributed by atoms with Crippen LogP contribution in [0.15, 0.2) is 82.5 Å². The largest absolute Gasteiger partial charge is 0.466 e. The van der Waals surface area contributed by atoms with Gasteiger partial charge in [-0.15, -0.1) is 0 Å². The van der Waals surface area contributed by atoms with Gasteiger partial charge in [0.1, 0.15) is 23.8 Å². The predicted molar refractivity (Wildman–Crippen MR) is 114 cm³/mol. The molecule has 1 N–H and O–H groups in total. The summed E-state index contributed by atoms with van der Waals surface area (Å²) in [7, 11) is 0. The summed E-state index contributed by atoms with van der Waals surface area (Å²) in [6.07, 6.45) is 4.51. The fourth-order valence-corrected chi connectivity index (χ4v) is 5.21. The second kappa shape index (κ2) is 7.03. The number of hydrogen-bond donors (Lipinski definition) is 1. The summed E-state index contributed by atoms with van der Waals surface area (Å²) in [6.45, 7) is 3.22. The van der Waals surface area contributed by atoms with E-state index in [9.17, 15) is 0 Å². The monoisotopic (exact) mass is 400 g/mol. The van der Waals surface area contributed by atoms with Crippen molar-refractivity contribution in [3.8, 4) is 5.75 Å². The number of fused-ring (bicyclic) bond motifs is 4. The van der Waals surface area contributed by atoms with Crippen molar-refractivity contribution >= 4 is 5.71 Å². The molecular weight excluding hydrogens is 374 g/mol. The molecule has 0 bridgehead atoms. The van der Waals surface area contributed by atoms with Crippen molar-refractivity contribution in [2.24, 2.45) is 5.10 Å². The van der Waals surface area contributed by atoms with Crippen LogP contribution in [0.3, 0.4) is 0 Å². The standard InChI is InChI=1S/C25H25N3O2/c1-2-7-19(8-3-1)18-27-14-12-25(13-15-27)28-22(20-9-4-5-10-23(20)30-25)17-21(26-28)24-11-6-16-29-24/h1-11,16,22H,12-15,17-18H2/p+1/t22-/m1/s1. The van der Waals surface area contributed by atoms with Gasteiger partial charge >= 0.3 is 0 Å². The van der Waals surface area contributed by atoms with Crippen LogP contribution in [0.1, 0.15) is 42.2 Å². The van der Waals surface area contributed by atoms with Gasteiger partial charge in [-0.05, 0) is 18.2 Å². The number of furan rings is 1. The molecule has 152 valence electrons. The van der Waals surface area contributed by atoms with E-state index in [-0.39, 0.29) is 11.8 Å². The molecule has 0 saturated carbocycles. The molecule has 30 heavy (non-hydrogen) atoms. The van der Waals surface area contributed by atoms with Gasteiger partial charge in [-0.1, -0.05) is 48.5 Å². The number of nitrogens with one attached hydrogen (secondary N) is 1. The van der Waals surface area contributed by atoms with E-state index in [1.54, 1.807) is 11.2 Å². The number of hydrazone groups is 1. The Morgan fingerprint density at radius 3 is 2.57 bits per heavy atom. The fourth-order valence-electron chi connectivity index (χ4n) is 5.21. The minimum atomic E-state index is -0.368. The zero-order chi connectivity index (χ0) is 20.0. The first kappa shape index (κ1) is 17.8. The minimum Gasteiger partial charge on any atom is -0.466 e. The zero-order valence-electron chi connectivity index (χ0n) is 17.0. The van der Waals surface area contributed by atoms with Crippen molar-refractivity contribution in [3.63, 3.8) is 0 Å². The lowest BCUT2D eigenvalue weighted by atomic mass is 9.91. The van der Waals surface area contributed by atoms with Crippen molar-refractivity contribution in [3.05, 3.63) is 89.9 Å². The highest BCUT2D eigenvalue weighted by molar-refractivity contribution is 5.99. The number of benzene rings is 2. The molecule has 0 radical (unpaired) electrons. The summed E-state index contributed by atoms with van der Waals surface area (Å²) in [6, 6.07) is 23.4. The Labute approximate surface area is 176 Å². The average Bonchev–Trinajstić information content (AvgIpc) is 3.47. The molecule has 5 heteroatoms. The number of likely N-dealkylation sites (tertiary alicyclic amines) is 1. The predicted octanol–water partition coefficient (Wildman–Crippen LogP) is 3.40. The number of piperidine rings is 1. The Bertz CT molecular complexity index is 1050. The van der Waals surface area contributed by atoms with E-state index in [0.29, 0.717) is 0 Å². The lowest BCUT2D eigenvalue weighted by molar-refractivity contribution is -0.921. The van der Waals surface area contributed by atoms with Crippen molar-refractivity contribution in [1.82, 2.24) is 5.01 Å². The lowest BCUT2D eigenvalue weighted by Gasteiger charge is -2.50. The van der Waals surface area contributed by atoms with Gasteiger partial charge in [-0.3, -0.25) is 0 Å². The van der Waals surface area contributed by atoms with E-state index in [0.717, 1.165) is 56.1 Å². The third-order valence-corrected chi connectivity index (χ3v) is 6.75. The summed E-state index contributed by atoms with van der Waals surface area (Å²) < 4.78 is 12.4. The second-order valence-electron chi connectivity index (χ2n) is 8.59. The highest BCUT2D eigenvalue weighted by atomic mass is 16.5. The first-order chi connectivity index (χ1) is 14.8. The van der Waals surface area contributed by atoms with E-state index in [4.69, 9.17) is 14.3 Å². The summed E-state index contributed by atoms with van der Waals surface area (Å²) in [5.74, 6) is 1.88. The molecule has 3 aliphatic heterocycles. The van der Waals surface area contributed by atoms with Crippen LogP contribution in [0.2, 0.25) is 0 Å². The molecule has 3 aliphatic rings. The molecule has 5 nitrogen and oxygen atoms in total. The summed E-state index contributed by atoms with van der Waals surface area (Å²) in [5.41, 5.74) is 3.28. The van der Waals surface area contributed by atoms with Crippen LogP contribution >= 0.6 is 0 Å². The third kappa shape index (κ3) is 2.92. The highest BCUT2D eigenvalue weighted by Crippen LogP contribution is 2.49. The normalized spacial score (nSPS) is 27.3. The van der Waals surface area contributed by atoms with E-state index in [1.165, 1.54) is 11.1 Å². The van der Waals surface area contributed by atoms with Crippen molar-refractivity contribution in [2.75, 3.05) is 13.1 Å². The number of quaternary nitrogens is 1. The zero-order valence-corrected chi connectivity index (χ0v) is 17.0. The van der Waals surface area contributed by atoms with Crippen molar-refractivity contribution in [1.29, 1.82) is 0 Å². The molecule has 4 heterocycles. The van der Waals surface area contributed by atoms with Crippen LogP contribution < -0.4 is 9.64 Å². The molecule has 1 aromatic heterocycles. The Kier molecular flexibility index (Phi) is 4.16. The number of para-hydroxylation sites is 1. The molecule has 2 aromatic carbocycles. The summed E-state index contributed by atoms with van der Waals surface area (Å²) in [5, 5.41) is 7.32. The van der Waals surface area contributed by atoms with E-state index < -0.39 is 0 Å². The third-order valence-electron chi connectivity index (χ3n) is 6.75. The van der Waals surface area contributed by atoms with Gasteiger partial charge in [-0.2, -0.15) is 5.10 Å². The molecule has 1 saturated heterocycles. The molecule has 0 unspecified atom stereocenters. The first-order valence-corrected chi connectivity index (χ1v) is 10.9. The van der Waals surface area contributed by atoms with Crippen LogP contribution in [0.25, 0.3) is 0 Å². The van der Waals surface area contributed by atoms with Crippen LogP contribution in [0, 0.1) is 0 Å². The van der Waals surface area contributed by atoms with Crippen LogP contribution in [0.5, 0.6) is 5.75 Å². The molecule has 1 atom stereocenters. The van der Waals surface area contributed by atoms with Gasteiger partial charge in [0, 0.05) is 17.5 Å². The summed E-state index contributed by atoms with van der Waals surface area (Å²) in [4.78, 5) is 1.61.